The van der Waals surface area contributed by atoms with Gasteiger partial charge in [0.05, 0.1) is 25.5 Å². The molecule has 2 aromatic heterocycles. The molecule has 2 aliphatic rings. The largest absolute Gasteiger partial charge is 0.472 e. The molecule has 2 aromatic rings. The van der Waals surface area contributed by atoms with Gasteiger partial charge in [-0.2, -0.15) is 4.98 Å². The number of aryl methyl sites for hydroxylation is 1. The number of halogens is 1. The number of aromatic nitrogens is 4. The van der Waals surface area contributed by atoms with Gasteiger partial charge >= 0.3 is 19.2 Å². The van der Waals surface area contributed by atoms with Crippen molar-refractivity contribution in [1.82, 2.24) is 24.0 Å². The zero-order valence-electron chi connectivity index (χ0n) is 33.2. The molecule has 5 N–H and O–H groups in total. The number of ether oxygens (including phenoxy) is 2. The summed E-state index contributed by atoms with van der Waals surface area (Å²) in [6.45, 7) is 3.04. The van der Waals surface area contributed by atoms with E-state index in [0.29, 0.717) is 6.54 Å². The van der Waals surface area contributed by atoms with E-state index in [2.05, 4.69) is 32.2 Å². The van der Waals surface area contributed by atoms with Crippen LogP contribution in [0.4, 0.5) is 10.2 Å². The molecule has 2 saturated heterocycles. The molecule has 2 aliphatic heterocycles. The second-order valence-corrected chi connectivity index (χ2v) is 16.4. The molecule has 57 heavy (non-hydrogen) atoms. The van der Waals surface area contributed by atoms with E-state index in [0.717, 1.165) is 34.6 Å². The maximum absolute atomic E-state index is 15.0. The summed E-state index contributed by atoms with van der Waals surface area (Å²) in [4.78, 5) is 56.3. The fraction of sp³-hybridized carbons (Fsp3) is 0.784. The Bertz CT molecular complexity index is 1820. The highest BCUT2D eigenvalue weighted by atomic mass is 31.2. The highest BCUT2D eigenvalue weighted by molar-refractivity contribution is 7.47. The Morgan fingerprint density at radius 3 is 2.05 bits per heavy atom. The number of rotatable bonds is 27. The molecule has 20 heteroatoms. The normalized spacial score (nSPS) is 23.0. The SMILES string of the molecule is CCCCCCCCCCCCCCCCCCNc1nc(=O)n(C2CC(O)C(COP(=O)(O)OCC3OC(n4cc(C)c(=O)[nH]c4=O)CC3N=[N+]=N)O2)cc1F. The fourth-order valence-corrected chi connectivity index (χ4v) is 7.84. The van der Waals surface area contributed by atoms with Crippen LogP contribution < -0.4 is 27.2 Å². The first-order valence-electron chi connectivity index (χ1n) is 20.4. The summed E-state index contributed by atoms with van der Waals surface area (Å²) in [7, 11) is -4.79. The van der Waals surface area contributed by atoms with Crippen LogP contribution in [0.2, 0.25) is 0 Å². The number of unbranched alkanes of at least 4 members (excludes halogenated alkanes) is 15. The van der Waals surface area contributed by atoms with Crippen molar-refractivity contribution in [2.75, 3.05) is 25.1 Å². The van der Waals surface area contributed by atoms with E-state index in [9.17, 15) is 33.3 Å². The lowest BCUT2D eigenvalue weighted by Crippen LogP contribution is -2.33. The van der Waals surface area contributed by atoms with Crippen LogP contribution in [0.1, 0.15) is 141 Å². The topological polar surface area (TPSA) is 247 Å². The summed E-state index contributed by atoms with van der Waals surface area (Å²) in [5.74, 6) is -0.934. The average molecular weight is 828 g/mol. The van der Waals surface area contributed by atoms with Crippen molar-refractivity contribution < 1.29 is 37.5 Å². The van der Waals surface area contributed by atoms with Crippen molar-refractivity contribution in [1.29, 1.82) is 5.53 Å². The number of nitrogens with one attached hydrogen (secondary N) is 3. The summed E-state index contributed by atoms with van der Waals surface area (Å²) < 4.78 is 51.4. The van der Waals surface area contributed by atoms with Gasteiger partial charge in [0.15, 0.2) is 17.7 Å². The highest BCUT2D eigenvalue weighted by Crippen LogP contribution is 2.45. The van der Waals surface area contributed by atoms with Gasteiger partial charge in [0.25, 0.3) is 5.56 Å². The van der Waals surface area contributed by atoms with Gasteiger partial charge in [0, 0.05) is 31.1 Å². The van der Waals surface area contributed by atoms with Crippen molar-refractivity contribution >= 4 is 13.6 Å². The Kier molecular flexibility index (Phi) is 19.4. The van der Waals surface area contributed by atoms with Crippen LogP contribution in [-0.4, -0.2) is 73.2 Å². The molecule has 0 spiro atoms. The minimum Gasteiger partial charge on any atom is -0.390 e. The smallest absolute Gasteiger partial charge is 0.390 e. The molecule has 18 nitrogen and oxygen atoms in total. The Labute approximate surface area is 331 Å². The predicted molar refractivity (Wildman–Crippen MR) is 208 cm³/mol. The Morgan fingerprint density at radius 2 is 1.46 bits per heavy atom. The zero-order valence-corrected chi connectivity index (χ0v) is 34.1. The van der Waals surface area contributed by atoms with Gasteiger partial charge in [0.1, 0.15) is 35.3 Å². The van der Waals surface area contributed by atoms with Gasteiger partial charge in [-0.1, -0.05) is 103 Å². The van der Waals surface area contributed by atoms with Crippen molar-refractivity contribution in [2.45, 2.75) is 166 Å². The number of phosphoric ester groups is 1. The summed E-state index contributed by atoms with van der Waals surface area (Å²) in [5, 5.41) is 17.2. The Balaban J connectivity index is 1.13. The minimum atomic E-state index is -4.79. The minimum absolute atomic E-state index is 0.0489. The van der Waals surface area contributed by atoms with Crippen molar-refractivity contribution in [3.05, 3.63) is 55.1 Å². The van der Waals surface area contributed by atoms with Gasteiger partial charge in [0.2, 0.25) is 4.91 Å². The number of aromatic amines is 1. The zero-order chi connectivity index (χ0) is 41.2. The third-order valence-electron chi connectivity index (χ3n) is 10.4. The molecule has 0 aromatic carbocycles. The van der Waals surface area contributed by atoms with Crippen LogP contribution in [0.25, 0.3) is 0 Å². The molecular weight excluding hydrogens is 766 g/mol. The van der Waals surface area contributed by atoms with E-state index >= 15 is 0 Å². The first-order chi connectivity index (χ1) is 27.4. The van der Waals surface area contributed by atoms with E-state index in [1.165, 1.54) is 96.6 Å². The number of anilines is 1. The summed E-state index contributed by atoms with van der Waals surface area (Å²) >= 11 is 0. The monoisotopic (exact) mass is 827 g/mol. The molecule has 320 valence electrons. The number of hydrogen-bond acceptors (Lipinski definition) is 13. The first-order valence-corrected chi connectivity index (χ1v) is 21.9. The van der Waals surface area contributed by atoms with E-state index in [1.807, 2.05) is 0 Å². The second-order valence-electron chi connectivity index (χ2n) is 15.0. The molecule has 0 saturated carbocycles. The number of aliphatic hydroxyl groups excluding tert-OH is 1. The van der Waals surface area contributed by atoms with E-state index in [4.69, 9.17) is 24.1 Å². The third kappa shape index (κ3) is 15.0. The Morgan fingerprint density at radius 1 is 0.912 bits per heavy atom. The lowest BCUT2D eigenvalue weighted by molar-refractivity contribution is -0.0522. The van der Waals surface area contributed by atoms with Crippen molar-refractivity contribution in [3.8, 4) is 0 Å². The molecule has 4 heterocycles. The fourth-order valence-electron chi connectivity index (χ4n) is 7.10. The first kappa shape index (κ1) is 46.3. The summed E-state index contributed by atoms with van der Waals surface area (Å²) in [5.41, 5.74) is 5.26. The van der Waals surface area contributed by atoms with Crippen LogP contribution >= 0.6 is 7.82 Å². The van der Waals surface area contributed by atoms with Gasteiger partial charge in [-0.05, 0) is 13.3 Å². The number of nitrogens with zero attached hydrogens (tertiary/aromatic N) is 5. The summed E-state index contributed by atoms with van der Waals surface area (Å²) in [6, 6.07) is -0.833. The number of H-pyrrole nitrogens is 1. The van der Waals surface area contributed by atoms with E-state index in [1.54, 1.807) is 0 Å². The average Bonchev–Trinajstić information content (AvgIpc) is 3.76. The highest BCUT2D eigenvalue weighted by Gasteiger charge is 2.43. The molecule has 0 radical (unpaired) electrons. The molecule has 0 amide bonds. The molecular formula is C37H61FN8O10P+. The van der Waals surface area contributed by atoms with Crippen LogP contribution in [0.15, 0.2) is 31.9 Å². The predicted octanol–water partition coefficient (Wildman–Crippen LogP) is 5.90. The van der Waals surface area contributed by atoms with Crippen LogP contribution in [-0.2, 0) is 23.1 Å². The van der Waals surface area contributed by atoms with Crippen LogP contribution in [0.5, 0.6) is 0 Å². The number of hydrogen-bond donors (Lipinski definition) is 5. The van der Waals surface area contributed by atoms with E-state index in [-0.39, 0.29) is 24.2 Å². The van der Waals surface area contributed by atoms with Gasteiger partial charge in [-0.3, -0.25) is 28.0 Å². The van der Waals surface area contributed by atoms with Gasteiger partial charge < -0.3 is 24.8 Å². The van der Waals surface area contributed by atoms with Crippen molar-refractivity contribution in [2.24, 2.45) is 5.11 Å². The number of phosphoric acid groups is 1. The van der Waals surface area contributed by atoms with E-state index < -0.39 is 80.6 Å². The molecule has 7 unspecified atom stereocenters. The maximum atomic E-state index is 15.0. The number of aliphatic hydroxyl groups is 1. The molecule has 2 fully saturated rings. The molecule has 0 bridgehead atoms. The van der Waals surface area contributed by atoms with Crippen molar-refractivity contribution in [3.63, 3.8) is 0 Å². The van der Waals surface area contributed by atoms with Crippen LogP contribution in [0.3, 0.4) is 0 Å². The standard InChI is InChI=1S/C37H60FN8O10P/c1-3-4-5-6-7-8-9-10-11-12-13-14-15-16-17-18-19-40-34-27(38)23-46(36(49)41-34)33-21-29(47)31(56-33)25-54-57(51,52)53-24-30-28(43-44-39)20-32(55-30)45-22-26(2)35(48)42-37(45)50/h22-23,28-33,39,47H,3-21,24-25H2,1-2H3,(H2-,40,41,42,48,49,50,51,52)/p+1. The maximum Gasteiger partial charge on any atom is 0.472 e. The lowest BCUT2D eigenvalue weighted by Gasteiger charge is -2.20. The second kappa shape index (κ2) is 23.9. The summed E-state index contributed by atoms with van der Waals surface area (Å²) in [6.07, 6.45) is 16.7. The quantitative estimate of drug-likeness (QED) is 0.0306. The van der Waals surface area contributed by atoms with Crippen LogP contribution in [0, 0.1) is 18.3 Å². The lowest BCUT2D eigenvalue weighted by atomic mass is 10.0. The van der Waals surface area contributed by atoms with Gasteiger partial charge in [-0.25, -0.2) is 18.5 Å². The molecule has 4 rings (SSSR count). The van der Waals surface area contributed by atoms with Gasteiger partial charge in [-0.15, -0.1) is 0 Å². The molecule has 0 aliphatic carbocycles. The molecule has 7 atom stereocenters. The Hall–Kier alpha value is -3.41. The third-order valence-corrected chi connectivity index (χ3v) is 11.4.